The third-order valence-corrected chi connectivity index (χ3v) is 11.5. The van der Waals surface area contributed by atoms with Crippen LogP contribution in [0.1, 0.15) is 131 Å². The molecule has 0 N–H and O–H groups in total. The molecular weight excluding hydrogens is 570 g/mol. The molecule has 4 fully saturated rings. The lowest BCUT2D eigenvalue weighted by Crippen LogP contribution is -2.45. The minimum Gasteiger partial charge on any atom is -0.462 e. The Morgan fingerprint density at radius 2 is 1.51 bits per heavy atom. The molecule has 0 aromatic rings. The number of carbonyl (C=O) groups is 2. The molecule has 0 amide bonds. The van der Waals surface area contributed by atoms with Gasteiger partial charge in [-0.3, -0.25) is 9.59 Å². The maximum absolute atomic E-state index is 13.9. The van der Waals surface area contributed by atoms with Crippen LogP contribution in [-0.2, 0) is 33.3 Å². The highest BCUT2D eigenvalue weighted by Gasteiger charge is 2.47. The van der Waals surface area contributed by atoms with Crippen LogP contribution in [0, 0.1) is 23.7 Å². The Morgan fingerprint density at radius 1 is 0.778 bits per heavy atom. The van der Waals surface area contributed by atoms with Crippen LogP contribution in [0.3, 0.4) is 0 Å². The van der Waals surface area contributed by atoms with Crippen molar-refractivity contribution in [1.29, 1.82) is 0 Å². The van der Waals surface area contributed by atoms with Crippen LogP contribution in [-0.4, -0.2) is 85.8 Å². The Morgan fingerprint density at radius 3 is 2.18 bits per heavy atom. The summed E-state index contributed by atoms with van der Waals surface area (Å²) in [6.45, 7) is 12.7. The predicted octanol–water partition coefficient (Wildman–Crippen LogP) is 7.10. The quantitative estimate of drug-likeness (QED) is 0.222. The molecule has 260 valence electrons. The lowest BCUT2D eigenvalue weighted by Gasteiger charge is -2.38. The number of cyclic esters (lactones) is 2. The highest BCUT2D eigenvalue weighted by molar-refractivity contribution is 5.73. The van der Waals surface area contributed by atoms with Gasteiger partial charge in [-0.1, -0.05) is 47.5 Å². The standard InChI is InChI=1S/C37H65NO7/c1-9-13-25(38(7)8)21-27-16-18-33(42-27)29(11-3)35-23(5)31-19-20-34(44-31)30(12-4)37(40)43-26(14-10-2)22-28-15-17-32(41-28)24(6)36(39)45-35/h23-35H,9-22H2,1-8H3. The fourth-order valence-corrected chi connectivity index (χ4v) is 8.66. The van der Waals surface area contributed by atoms with Crippen molar-refractivity contribution >= 4 is 11.9 Å². The maximum atomic E-state index is 13.9. The molecule has 0 saturated carbocycles. The van der Waals surface area contributed by atoms with E-state index >= 15 is 0 Å². The monoisotopic (exact) mass is 635 g/mol. The van der Waals surface area contributed by atoms with Crippen LogP contribution in [0.25, 0.3) is 0 Å². The molecule has 0 spiro atoms. The highest BCUT2D eigenvalue weighted by Crippen LogP contribution is 2.41. The van der Waals surface area contributed by atoms with Crippen LogP contribution < -0.4 is 0 Å². The number of carbonyl (C=O) groups excluding carboxylic acids is 2. The van der Waals surface area contributed by atoms with Gasteiger partial charge in [0.2, 0.25) is 0 Å². The molecule has 0 radical (unpaired) electrons. The number of hydrogen-bond acceptors (Lipinski definition) is 8. The number of hydrogen-bond donors (Lipinski definition) is 0. The SMILES string of the molecule is CCCC1CC2CCC(O2)C(C)C(=O)OC(C(CC)C2CCC(CC(CCC)N(C)C)O2)C(C)C2CCC(O2)C(CC)C(=O)O1. The van der Waals surface area contributed by atoms with E-state index < -0.39 is 0 Å². The van der Waals surface area contributed by atoms with Gasteiger partial charge in [-0.05, 0) is 91.6 Å². The number of ether oxygens (including phenoxy) is 5. The molecule has 4 saturated heterocycles. The zero-order valence-electron chi connectivity index (χ0n) is 29.7. The summed E-state index contributed by atoms with van der Waals surface area (Å²) >= 11 is 0. The lowest BCUT2D eigenvalue weighted by molar-refractivity contribution is -0.176. The fourth-order valence-electron chi connectivity index (χ4n) is 8.66. The minimum atomic E-state index is -0.365. The predicted molar refractivity (Wildman–Crippen MR) is 176 cm³/mol. The summed E-state index contributed by atoms with van der Waals surface area (Å²) in [5, 5.41) is 0. The molecule has 4 rings (SSSR count). The Kier molecular flexibility index (Phi) is 14.0. The van der Waals surface area contributed by atoms with Gasteiger partial charge < -0.3 is 28.6 Å². The molecule has 45 heavy (non-hydrogen) atoms. The molecule has 4 heterocycles. The van der Waals surface area contributed by atoms with Crippen LogP contribution in [0.5, 0.6) is 0 Å². The summed E-state index contributed by atoms with van der Waals surface area (Å²) in [4.78, 5) is 29.8. The first kappa shape index (κ1) is 36.6. The Bertz CT molecular complexity index is 928. The lowest BCUT2D eigenvalue weighted by atomic mass is 9.81. The summed E-state index contributed by atoms with van der Waals surface area (Å²) in [7, 11) is 4.33. The van der Waals surface area contributed by atoms with Gasteiger partial charge in [-0.25, -0.2) is 0 Å². The second-order valence-electron chi connectivity index (χ2n) is 14.9. The van der Waals surface area contributed by atoms with E-state index in [9.17, 15) is 9.59 Å². The Hall–Kier alpha value is -1.22. The first-order valence-corrected chi connectivity index (χ1v) is 18.6. The molecule has 0 aromatic carbocycles. The van der Waals surface area contributed by atoms with E-state index in [0.717, 1.165) is 70.6 Å². The van der Waals surface area contributed by atoms with E-state index in [1.165, 1.54) is 6.42 Å². The van der Waals surface area contributed by atoms with Crippen molar-refractivity contribution in [2.24, 2.45) is 23.7 Å². The van der Waals surface area contributed by atoms with Gasteiger partial charge in [0.1, 0.15) is 12.2 Å². The summed E-state index contributed by atoms with van der Waals surface area (Å²) < 4.78 is 32.7. The molecule has 0 aromatic heterocycles. The molecule has 4 bridgehead atoms. The van der Waals surface area contributed by atoms with Gasteiger partial charge in [0.25, 0.3) is 0 Å². The van der Waals surface area contributed by atoms with Crippen LogP contribution in [0.15, 0.2) is 0 Å². The number of rotatable bonds is 11. The van der Waals surface area contributed by atoms with Gasteiger partial charge >= 0.3 is 11.9 Å². The largest absolute Gasteiger partial charge is 0.462 e. The van der Waals surface area contributed by atoms with Gasteiger partial charge in [0.15, 0.2) is 0 Å². The van der Waals surface area contributed by atoms with Gasteiger partial charge in [0.05, 0.1) is 48.5 Å². The van der Waals surface area contributed by atoms with Crippen molar-refractivity contribution in [2.45, 2.75) is 186 Å². The van der Waals surface area contributed by atoms with E-state index in [1.807, 2.05) is 6.92 Å². The molecule has 0 aliphatic carbocycles. The van der Waals surface area contributed by atoms with Gasteiger partial charge in [0, 0.05) is 24.3 Å². The van der Waals surface area contributed by atoms with E-state index in [-0.39, 0.29) is 84.4 Å². The average molecular weight is 636 g/mol. The van der Waals surface area contributed by atoms with E-state index in [4.69, 9.17) is 23.7 Å². The van der Waals surface area contributed by atoms with Crippen molar-refractivity contribution in [3.05, 3.63) is 0 Å². The van der Waals surface area contributed by atoms with Crippen molar-refractivity contribution in [3.63, 3.8) is 0 Å². The Labute approximate surface area is 274 Å². The third kappa shape index (κ3) is 9.23. The fraction of sp³-hybridized carbons (Fsp3) is 0.946. The van der Waals surface area contributed by atoms with Crippen molar-refractivity contribution in [1.82, 2.24) is 4.90 Å². The first-order valence-electron chi connectivity index (χ1n) is 18.6. The topological polar surface area (TPSA) is 83.5 Å². The molecule has 4 aliphatic rings. The third-order valence-electron chi connectivity index (χ3n) is 11.5. The maximum Gasteiger partial charge on any atom is 0.311 e. The summed E-state index contributed by atoms with van der Waals surface area (Å²) in [5.41, 5.74) is 0. The molecule has 8 nitrogen and oxygen atoms in total. The van der Waals surface area contributed by atoms with Crippen LogP contribution in [0.4, 0.5) is 0 Å². The highest BCUT2D eigenvalue weighted by atomic mass is 16.6. The number of nitrogens with zero attached hydrogens (tertiary/aromatic N) is 1. The average Bonchev–Trinajstić information content (AvgIpc) is 3.78. The van der Waals surface area contributed by atoms with E-state index in [2.05, 4.69) is 53.6 Å². The van der Waals surface area contributed by atoms with E-state index in [1.54, 1.807) is 0 Å². The zero-order valence-corrected chi connectivity index (χ0v) is 29.7. The second-order valence-corrected chi connectivity index (χ2v) is 14.9. The van der Waals surface area contributed by atoms with E-state index in [0.29, 0.717) is 18.9 Å². The van der Waals surface area contributed by atoms with Crippen LogP contribution >= 0.6 is 0 Å². The summed E-state index contributed by atoms with van der Waals surface area (Å²) in [6.07, 6.45) is 12.0. The van der Waals surface area contributed by atoms with Crippen molar-refractivity contribution in [2.75, 3.05) is 14.1 Å². The zero-order chi connectivity index (χ0) is 32.7. The van der Waals surface area contributed by atoms with Crippen molar-refractivity contribution < 1.29 is 33.3 Å². The molecule has 13 atom stereocenters. The van der Waals surface area contributed by atoms with Crippen molar-refractivity contribution in [3.8, 4) is 0 Å². The second kappa shape index (κ2) is 17.3. The van der Waals surface area contributed by atoms with Crippen LogP contribution in [0.2, 0.25) is 0 Å². The smallest absolute Gasteiger partial charge is 0.311 e. The number of fused-ring (bicyclic) bond motifs is 4. The van der Waals surface area contributed by atoms with Gasteiger partial charge in [-0.2, -0.15) is 0 Å². The summed E-state index contributed by atoms with van der Waals surface area (Å²) in [5.74, 6) is -0.919. The van der Waals surface area contributed by atoms with Gasteiger partial charge in [-0.15, -0.1) is 0 Å². The molecular formula is C37H65NO7. The molecule has 13 unspecified atom stereocenters. The molecule has 8 heteroatoms. The first-order chi connectivity index (χ1) is 21.6. The normalized spacial score (nSPS) is 39.5. The summed E-state index contributed by atoms with van der Waals surface area (Å²) in [6, 6.07) is 0.508. The minimum absolute atomic E-state index is 0.0182. The number of esters is 2. The molecule has 4 aliphatic heterocycles. The Balaban J connectivity index is 1.56.